The fraction of sp³-hybridized carbons (Fsp3) is 0.350. The Morgan fingerprint density at radius 1 is 1.04 bits per heavy atom. The van der Waals surface area contributed by atoms with Gasteiger partial charge in [-0.05, 0) is 49.6 Å². The molecular formula is C20H26N2O4S. The molecule has 0 saturated heterocycles. The van der Waals surface area contributed by atoms with E-state index in [4.69, 9.17) is 4.74 Å². The van der Waals surface area contributed by atoms with Gasteiger partial charge in [0.1, 0.15) is 5.75 Å². The van der Waals surface area contributed by atoms with E-state index in [9.17, 15) is 13.2 Å². The van der Waals surface area contributed by atoms with Crippen LogP contribution in [-0.4, -0.2) is 34.0 Å². The lowest BCUT2D eigenvalue weighted by Crippen LogP contribution is -2.31. The second kappa shape index (κ2) is 10.1. The van der Waals surface area contributed by atoms with Crippen LogP contribution in [0.4, 0.5) is 0 Å². The fourth-order valence-electron chi connectivity index (χ4n) is 2.47. The molecule has 0 unspecified atom stereocenters. The zero-order valence-electron chi connectivity index (χ0n) is 15.7. The summed E-state index contributed by atoms with van der Waals surface area (Å²) in [5, 5.41) is 2.76. The molecule has 0 heterocycles. The van der Waals surface area contributed by atoms with Crippen LogP contribution in [0, 0.1) is 13.8 Å². The number of carbonyl (C=O) groups excluding carboxylic acids is 1. The average molecular weight is 391 g/mol. The molecule has 2 rings (SSSR count). The second-order valence-corrected chi connectivity index (χ2v) is 8.02. The van der Waals surface area contributed by atoms with Gasteiger partial charge in [-0.1, -0.05) is 30.3 Å². The van der Waals surface area contributed by atoms with E-state index in [-0.39, 0.29) is 23.8 Å². The van der Waals surface area contributed by atoms with Crippen molar-refractivity contribution in [3.63, 3.8) is 0 Å². The molecule has 2 N–H and O–H groups in total. The van der Waals surface area contributed by atoms with Crippen molar-refractivity contribution in [2.75, 3.05) is 19.7 Å². The molecule has 0 bridgehead atoms. The topological polar surface area (TPSA) is 84.5 Å². The zero-order chi connectivity index (χ0) is 19.7. The van der Waals surface area contributed by atoms with Crippen molar-refractivity contribution in [3.8, 4) is 5.75 Å². The predicted octanol–water partition coefficient (Wildman–Crippen LogP) is 2.56. The van der Waals surface area contributed by atoms with Gasteiger partial charge in [-0.2, -0.15) is 0 Å². The minimum Gasteiger partial charge on any atom is -0.494 e. The molecule has 2 aromatic rings. The largest absolute Gasteiger partial charge is 0.494 e. The van der Waals surface area contributed by atoms with Crippen LogP contribution in [-0.2, 0) is 14.8 Å². The summed E-state index contributed by atoms with van der Waals surface area (Å²) in [5.74, 6) is 0.600. The van der Waals surface area contributed by atoms with Gasteiger partial charge in [0.05, 0.1) is 11.5 Å². The molecule has 0 spiro atoms. The number of hydrogen-bond acceptors (Lipinski definition) is 4. The van der Waals surface area contributed by atoms with Crippen LogP contribution in [0.25, 0.3) is 0 Å². The van der Waals surface area contributed by atoms with Crippen molar-refractivity contribution >= 4 is 15.9 Å². The van der Waals surface area contributed by atoms with Crippen LogP contribution >= 0.6 is 0 Å². The van der Waals surface area contributed by atoms with Gasteiger partial charge in [-0.3, -0.25) is 4.79 Å². The van der Waals surface area contributed by atoms with Gasteiger partial charge in [0.25, 0.3) is 0 Å². The minimum atomic E-state index is -3.62. The van der Waals surface area contributed by atoms with E-state index < -0.39 is 10.0 Å². The molecule has 0 aromatic heterocycles. The number of hydrogen-bond donors (Lipinski definition) is 2. The first kappa shape index (κ1) is 20.9. The summed E-state index contributed by atoms with van der Waals surface area (Å²) in [6.07, 6.45) is 0.762. The second-order valence-electron chi connectivity index (χ2n) is 6.28. The molecule has 27 heavy (non-hydrogen) atoms. The van der Waals surface area contributed by atoms with E-state index in [0.29, 0.717) is 25.1 Å². The highest BCUT2D eigenvalue weighted by molar-refractivity contribution is 7.89. The van der Waals surface area contributed by atoms with Gasteiger partial charge < -0.3 is 10.1 Å². The standard InChI is InChI=1S/C20H26N2O4S/c1-16-9-10-17(2)19(15-16)27(24,25)22-13-11-20(23)21-12-6-14-26-18-7-4-3-5-8-18/h3-5,7-10,15,22H,6,11-14H2,1-2H3,(H,21,23). The molecule has 2 aromatic carbocycles. The normalized spacial score (nSPS) is 11.2. The first-order valence-electron chi connectivity index (χ1n) is 8.90. The summed E-state index contributed by atoms with van der Waals surface area (Å²) in [6.45, 7) is 4.63. The number of carbonyl (C=O) groups is 1. The number of amides is 1. The van der Waals surface area contributed by atoms with Crippen LogP contribution in [0.1, 0.15) is 24.0 Å². The first-order chi connectivity index (χ1) is 12.9. The lowest BCUT2D eigenvalue weighted by molar-refractivity contribution is -0.120. The van der Waals surface area contributed by atoms with Gasteiger partial charge in [0, 0.05) is 19.5 Å². The molecular weight excluding hydrogens is 364 g/mol. The Morgan fingerprint density at radius 3 is 2.52 bits per heavy atom. The van der Waals surface area contributed by atoms with Crippen LogP contribution in [0.15, 0.2) is 53.4 Å². The highest BCUT2D eigenvalue weighted by atomic mass is 32.2. The van der Waals surface area contributed by atoms with Gasteiger partial charge >= 0.3 is 0 Å². The quantitative estimate of drug-likeness (QED) is 0.611. The Morgan fingerprint density at radius 2 is 1.78 bits per heavy atom. The van der Waals surface area contributed by atoms with E-state index in [1.165, 1.54) is 0 Å². The number of para-hydroxylation sites is 1. The maximum Gasteiger partial charge on any atom is 0.240 e. The van der Waals surface area contributed by atoms with E-state index >= 15 is 0 Å². The SMILES string of the molecule is Cc1ccc(C)c(S(=O)(=O)NCCC(=O)NCCCOc2ccccc2)c1. The van der Waals surface area contributed by atoms with E-state index in [2.05, 4.69) is 10.0 Å². The number of nitrogens with one attached hydrogen (secondary N) is 2. The highest BCUT2D eigenvalue weighted by Gasteiger charge is 2.16. The van der Waals surface area contributed by atoms with Crippen molar-refractivity contribution in [3.05, 3.63) is 59.7 Å². The van der Waals surface area contributed by atoms with Crippen molar-refractivity contribution in [1.82, 2.24) is 10.0 Å². The Hall–Kier alpha value is -2.38. The lowest BCUT2D eigenvalue weighted by Gasteiger charge is -2.10. The maximum atomic E-state index is 12.4. The van der Waals surface area contributed by atoms with E-state index in [1.807, 2.05) is 43.3 Å². The summed E-state index contributed by atoms with van der Waals surface area (Å²) < 4.78 is 32.7. The Labute approximate surface area is 161 Å². The molecule has 0 atom stereocenters. The van der Waals surface area contributed by atoms with Crippen LogP contribution in [0.2, 0.25) is 0 Å². The molecule has 0 aliphatic carbocycles. The number of rotatable bonds is 10. The fourth-order valence-corrected chi connectivity index (χ4v) is 3.83. The third kappa shape index (κ3) is 7.03. The van der Waals surface area contributed by atoms with Gasteiger partial charge in [0.15, 0.2) is 0 Å². The monoisotopic (exact) mass is 390 g/mol. The summed E-state index contributed by atoms with van der Waals surface area (Å²) in [7, 11) is -3.62. The summed E-state index contributed by atoms with van der Waals surface area (Å²) in [4.78, 5) is 12.1. The predicted molar refractivity (Wildman–Crippen MR) is 105 cm³/mol. The van der Waals surface area contributed by atoms with Gasteiger partial charge in [0.2, 0.25) is 15.9 Å². The lowest BCUT2D eigenvalue weighted by atomic mass is 10.2. The first-order valence-corrected chi connectivity index (χ1v) is 10.4. The van der Waals surface area contributed by atoms with Gasteiger partial charge in [-0.25, -0.2) is 13.1 Å². The van der Waals surface area contributed by atoms with Crippen molar-refractivity contribution in [2.45, 2.75) is 31.6 Å². The van der Waals surface area contributed by atoms with E-state index in [0.717, 1.165) is 11.3 Å². The smallest absolute Gasteiger partial charge is 0.240 e. The van der Waals surface area contributed by atoms with Crippen molar-refractivity contribution in [1.29, 1.82) is 0 Å². The Kier molecular flexibility index (Phi) is 7.82. The number of aryl methyl sites for hydroxylation is 2. The molecule has 146 valence electrons. The highest BCUT2D eigenvalue weighted by Crippen LogP contribution is 2.16. The summed E-state index contributed by atoms with van der Waals surface area (Å²) in [5.41, 5.74) is 1.55. The van der Waals surface area contributed by atoms with Crippen molar-refractivity contribution < 1.29 is 17.9 Å². The van der Waals surface area contributed by atoms with Crippen LogP contribution in [0.3, 0.4) is 0 Å². The average Bonchev–Trinajstić information content (AvgIpc) is 2.64. The van der Waals surface area contributed by atoms with Crippen LogP contribution < -0.4 is 14.8 Å². The Bertz CT molecular complexity index is 852. The Balaban J connectivity index is 1.66. The third-order valence-electron chi connectivity index (χ3n) is 3.93. The van der Waals surface area contributed by atoms with E-state index in [1.54, 1.807) is 19.1 Å². The minimum absolute atomic E-state index is 0.0576. The van der Waals surface area contributed by atoms with Gasteiger partial charge in [-0.15, -0.1) is 0 Å². The summed E-state index contributed by atoms with van der Waals surface area (Å²) >= 11 is 0. The molecule has 0 aliphatic rings. The number of sulfonamides is 1. The molecule has 0 saturated carbocycles. The molecule has 0 radical (unpaired) electrons. The molecule has 0 fully saturated rings. The van der Waals surface area contributed by atoms with Crippen molar-refractivity contribution in [2.24, 2.45) is 0 Å². The molecule has 7 heteroatoms. The molecule has 6 nitrogen and oxygen atoms in total. The molecule has 1 amide bonds. The molecule has 0 aliphatic heterocycles. The summed E-state index contributed by atoms with van der Waals surface area (Å²) in [6, 6.07) is 14.7. The zero-order valence-corrected chi connectivity index (χ0v) is 16.5. The van der Waals surface area contributed by atoms with Crippen LogP contribution in [0.5, 0.6) is 5.75 Å². The maximum absolute atomic E-state index is 12.4. The number of ether oxygens (including phenoxy) is 1. The third-order valence-corrected chi connectivity index (χ3v) is 5.54. The number of benzene rings is 2.